The molecule has 34 heavy (non-hydrogen) atoms. The van der Waals surface area contributed by atoms with E-state index in [1.807, 2.05) is 0 Å². The Morgan fingerprint density at radius 1 is 1.21 bits per heavy atom. The van der Waals surface area contributed by atoms with E-state index in [-0.39, 0.29) is 35.1 Å². The van der Waals surface area contributed by atoms with Crippen LogP contribution < -0.4 is 26.2 Å². The van der Waals surface area contributed by atoms with Gasteiger partial charge in [0.2, 0.25) is 17.8 Å². The van der Waals surface area contributed by atoms with E-state index in [4.69, 9.17) is 4.74 Å². The van der Waals surface area contributed by atoms with Gasteiger partial charge in [-0.1, -0.05) is 6.07 Å². The van der Waals surface area contributed by atoms with Gasteiger partial charge < -0.3 is 20.7 Å². The van der Waals surface area contributed by atoms with Crippen molar-refractivity contribution in [3.05, 3.63) is 74.1 Å². The number of aromatic nitrogens is 2. The third-order valence-electron chi connectivity index (χ3n) is 5.31. The van der Waals surface area contributed by atoms with Gasteiger partial charge in [-0.25, -0.2) is 0 Å². The fraction of sp³-hybridized carbons (Fsp3) is 0.182. The third-order valence-corrected chi connectivity index (χ3v) is 5.31. The number of carbonyl (C=O) groups is 2. The van der Waals surface area contributed by atoms with Crippen LogP contribution in [0.1, 0.15) is 23.5 Å². The van der Waals surface area contributed by atoms with E-state index in [1.54, 1.807) is 38.3 Å². The Kier molecular flexibility index (Phi) is 5.95. The second kappa shape index (κ2) is 9.02. The maximum atomic E-state index is 13.0. The van der Waals surface area contributed by atoms with Crippen LogP contribution in [0.4, 0.5) is 28.8 Å². The van der Waals surface area contributed by atoms with Crippen molar-refractivity contribution in [2.75, 3.05) is 23.1 Å². The second-order valence-electron chi connectivity index (χ2n) is 7.58. The van der Waals surface area contributed by atoms with Gasteiger partial charge in [-0.05, 0) is 36.8 Å². The van der Waals surface area contributed by atoms with Gasteiger partial charge in [0, 0.05) is 24.2 Å². The minimum Gasteiger partial charge on any atom is -0.497 e. The van der Waals surface area contributed by atoms with Crippen molar-refractivity contribution in [2.45, 2.75) is 19.3 Å². The first kappa shape index (κ1) is 22.5. The Balaban J connectivity index is 1.62. The summed E-state index contributed by atoms with van der Waals surface area (Å²) < 4.78 is 5.11. The number of rotatable bonds is 6. The number of aromatic amines is 1. The van der Waals surface area contributed by atoms with E-state index in [0.717, 1.165) is 0 Å². The molecule has 174 valence electrons. The molecule has 0 saturated heterocycles. The predicted molar refractivity (Wildman–Crippen MR) is 124 cm³/mol. The summed E-state index contributed by atoms with van der Waals surface area (Å²) in [5.74, 6) is -1.58. The predicted octanol–water partition coefficient (Wildman–Crippen LogP) is 2.80. The Hall–Kier alpha value is -4.74. The maximum absolute atomic E-state index is 13.0. The molecule has 1 aromatic heterocycles. The van der Waals surface area contributed by atoms with E-state index < -0.39 is 28.2 Å². The summed E-state index contributed by atoms with van der Waals surface area (Å²) >= 11 is 0. The Morgan fingerprint density at radius 3 is 2.62 bits per heavy atom. The number of nitro benzene ring substituents is 1. The first-order valence-electron chi connectivity index (χ1n) is 10.2. The summed E-state index contributed by atoms with van der Waals surface area (Å²) in [4.78, 5) is 55.5. The van der Waals surface area contributed by atoms with Crippen LogP contribution in [0.25, 0.3) is 0 Å². The number of ether oxygens (including phenoxy) is 1. The van der Waals surface area contributed by atoms with Crippen LogP contribution in [0.3, 0.4) is 0 Å². The average molecular weight is 464 g/mol. The monoisotopic (exact) mass is 464 g/mol. The molecule has 1 aliphatic heterocycles. The lowest BCUT2D eigenvalue weighted by Gasteiger charge is -2.24. The number of nitrogens with one attached hydrogen (secondary N) is 4. The minimum atomic E-state index is -1.13. The number of methoxy groups -OCH3 is 1. The van der Waals surface area contributed by atoms with E-state index >= 15 is 0 Å². The zero-order chi connectivity index (χ0) is 24.4. The van der Waals surface area contributed by atoms with Crippen LogP contribution in [0.2, 0.25) is 0 Å². The smallest absolute Gasteiger partial charge is 0.271 e. The van der Waals surface area contributed by atoms with Gasteiger partial charge in [0.1, 0.15) is 11.6 Å². The first-order chi connectivity index (χ1) is 16.2. The summed E-state index contributed by atoms with van der Waals surface area (Å²) in [7, 11) is 1.54. The van der Waals surface area contributed by atoms with Gasteiger partial charge in [-0.15, -0.1) is 0 Å². The third kappa shape index (κ3) is 4.55. The molecule has 2 amide bonds. The van der Waals surface area contributed by atoms with Crippen molar-refractivity contribution in [3.8, 4) is 5.75 Å². The molecule has 4 N–H and O–H groups in total. The molecule has 0 unspecified atom stereocenters. The first-order valence-corrected chi connectivity index (χ1v) is 10.2. The average Bonchev–Trinajstić information content (AvgIpc) is 2.80. The number of amides is 2. The number of nitro groups is 1. The van der Waals surface area contributed by atoms with Crippen LogP contribution in [-0.2, 0) is 9.59 Å². The lowest BCUT2D eigenvalue weighted by molar-refractivity contribution is -0.384. The van der Waals surface area contributed by atoms with E-state index in [9.17, 15) is 24.5 Å². The van der Waals surface area contributed by atoms with Gasteiger partial charge in [-0.3, -0.25) is 29.5 Å². The molecule has 1 aliphatic rings. The number of non-ortho nitro benzene ring substituents is 1. The highest BCUT2D eigenvalue weighted by atomic mass is 16.6. The molecule has 2 heterocycles. The molecule has 4 rings (SSSR count). The number of hydrogen-bond acceptors (Lipinski definition) is 8. The molecule has 12 heteroatoms. The van der Waals surface area contributed by atoms with E-state index in [0.29, 0.717) is 17.0 Å². The number of anilines is 4. The lowest BCUT2D eigenvalue weighted by atomic mass is 9.92. The fourth-order valence-electron chi connectivity index (χ4n) is 3.54. The van der Waals surface area contributed by atoms with Gasteiger partial charge >= 0.3 is 0 Å². The largest absolute Gasteiger partial charge is 0.497 e. The van der Waals surface area contributed by atoms with Crippen molar-refractivity contribution in [1.29, 1.82) is 0 Å². The van der Waals surface area contributed by atoms with E-state index in [1.165, 1.54) is 18.2 Å². The molecule has 3 aromatic rings. The molecular weight excluding hydrogens is 444 g/mol. The summed E-state index contributed by atoms with van der Waals surface area (Å²) in [5, 5.41) is 19.1. The molecule has 12 nitrogen and oxygen atoms in total. The van der Waals surface area contributed by atoms with Gasteiger partial charge in [-0.2, -0.15) is 4.98 Å². The molecule has 0 aliphatic carbocycles. The van der Waals surface area contributed by atoms with Gasteiger partial charge in [0.15, 0.2) is 0 Å². The number of fused-ring (bicyclic) bond motifs is 1. The number of nitrogens with zero attached hydrogens (tertiary/aromatic N) is 2. The van der Waals surface area contributed by atoms with Crippen LogP contribution in [0.5, 0.6) is 5.75 Å². The standard InChI is InChI=1S/C22H20N6O6/c1-11-3-6-13(28(32)33)9-16(11)24-20(30)15-10-17(29)25-19-18(15)21(31)27-22(26-19)23-12-4-7-14(34-2)8-5-12/h3-9,15H,10H2,1-2H3,(H,24,30)(H3,23,25,26,27,29,31)/t15-/m1/s1. The van der Waals surface area contributed by atoms with Crippen molar-refractivity contribution < 1.29 is 19.2 Å². The maximum Gasteiger partial charge on any atom is 0.271 e. The molecular formula is C22H20N6O6. The molecule has 0 bridgehead atoms. The van der Waals surface area contributed by atoms with Crippen molar-refractivity contribution >= 4 is 40.6 Å². The van der Waals surface area contributed by atoms with Crippen LogP contribution in [0.15, 0.2) is 47.3 Å². The van der Waals surface area contributed by atoms with E-state index in [2.05, 4.69) is 25.9 Å². The number of benzene rings is 2. The van der Waals surface area contributed by atoms with Gasteiger partial charge in [0.25, 0.3) is 11.2 Å². The molecule has 0 spiro atoms. The highest BCUT2D eigenvalue weighted by Crippen LogP contribution is 2.31. The zero-order valence-corrected chi connectivity index (χ0v) is 18.2. The number of aryl methyl sites for hydroxylation is 1. The summed E-state index contributed by atoms with van der Waals surface area (Å²) in [6.45, 7) is 1.67. The summed E-state index contributed by atoms with van der Waals surface area (Å²) in [6.07, 6.45) is -0.275. The van der Waals surface area contributed by atoms with Crippen LogP contribution >= 0.6 is 0 Å². The molecule has 2 aromatic carbocycles. The highest BCUT2D eigenvalue weighted by molar-refractivity contribution is 6.04. The van der Waals surface area contributed by atoms with Gasteiger partial charge in [0.05, 0.1) is 29.2 Å². The fourth-order valence-corrected chi connectivity index (χ4v) is 3.54. The number of H-pyrrole nitrogens is 1. The SMILES string of the molecule is COc1ccc(Nc2nc3c(c(=O)[nH]2)[C@H](C(=O)Nc2cc([N+](=O)[O-])ccc2C)CC(=O)N3)cc1. The van der Waals surface area contributed by atoms with Crippen molar-refractivity contribution in [3.63, 3.8) is 0 Å². The number of hydrogen-bond donors (Lipinski definition) is 4. The normalized spacial score (nSPS) is 14.5. The molecule has 0 saturated carbocycles. The van der Waals surface area contributed by atoms with Crippen LogP contribution in [-0.4, -0.2) is 33.8 Å². The molecule has 0 radical (unpaired) electrons. The second-order valence-corrected chi connectivity index (χ2v) is 7.58. The quantitative estimate of drug-likeness (QED) is 0.319. The zero-order valence-electron chi connectivity index (χ0n) is 18.2. The molecule has 1 atom stereocenters. The Morgan fingerprint density at radius 2 is 1.94 bits per heavy atom. The number of carbonyl (C=O) groups excluding carboxylic acids is 2. The molecule has 0 fully saturated rings. The highest BCUT2D eigenvalue weighted by Gasteiger charge is 2.35. The summed E-state index contributed by atoms with van der Waals surface area (Å²) in [5.41, 5.74) is 0.620. The lowest BCUT2D eigenvalue weighted by Crippen LogP contribution is -2.36. The van der Waals surface area contributed by atoms with Crippen molar-refractivity contribution in [1.82, 2.24) is 9.97 Å². The van der Waals surface area contributed by atoms with Crippen molar-refractivity contribution in [2.24, 2.45) is 0 Å². The summed E-state index contributed by atoms with van der Waals surface area (Å²) in [6, 6.07) is 10.9. The Labute approximate surface area is 192 Å². The topological polar surface area (TPSA) is 168 Å². The minimum absolute atomic E-state index is 0.000430. The van der Waals surface area contributed by atoms with Crippen LogP contribution in [0, 0.1) is 17.0 Å². The Bertz CT molecular complexity index is 1350.